The Kier molecular flexibility index (Phi) is 3.56. The van der Waals surface area contributed by atoms with Gasteiger partial charge in [-0.25, -0.2) is 0 Å². The molecule has 1 aromatic heterocycles. The molecule has 2 aromatic rings. The molecule has 4 nitrogen and oxygen atoms in total. The molecule has 1 fully saturated rings. The van der Waals surface area contributed by atoms with Crippen LogP contribution in [0.2, 0.25) is 0 Å². The van der Waals surface area contributed by atoms with E-state index in [4.69, 9.17) is 5.11 Å². The summed E-state index contributed by atoms with van der Waals surface area (Å²) in [6, 6.07) is 11.8. The van der Waals surface area contributed by atoms with E-state index in [0.29, 0.717) is 18.2 Å². The molecule has 0 saturated heterocycles. The van der Waals surface area contributed by atoms with Crippen LogP contribution in [-0.4, -0.2) is 39.7 Å². The summed E-state index contributed by atoms with van der Waals surface area (Å²) in [5, 5.41) is 9.12. The number of aromatic nitrogens is 1. The summed E-state index contributed by atoms with van der Waals surface area (Å²) in [5.41, 5.74) is 1.65. The van der Waals surface area contributed by atoms with Crippen LogP contribution in [0.25, 0.3) is 5.69 Å². The normalized spacial score (nSPS) is 14.2. The Hall–Kier alpha value is -2.07. The number of amides is 1. The molecule has 1 aliphatic rings. The summed E-state index contributed by atoms with van der Waals surface area (Å²) < 4.78 is 1.98. The van der Waals surface area contributed by atoms with Crippen LogP contribution >= 0.6 is 0 Å². The smallest absolute Gasteiger partial charge is 0.254 e. The largest absolute Gasteiger partial charge is 0.395 e. The van der Waals surface area contributed by atoms with Gasteiger partial charge in [0.25, 0.3) is 5.91 Å². The molecule has 0 unspecified atom stereocenters. The van der Waals surface area contributed by atoms with Crippen molar-refractivity contribution in [1.29, 1.82) is 0 Å². The van der Waals surface area contributed by atoms with Crippen LogP contribution in [0.5, 0.6) is 0 Å². The maximum absolute atomic E-state index is 12.5. The van der Waals surface area contributed by atoms with Gasteiger partial charge in [0.2, 0.25) is 0 Å². The van der Waals surface area contributed by atoms with Gasteiger partial charge in [-0.1, -0.05) is 6.07 Å². The number of hydrogen-bond donors (Lipinski definition) is 1. The van der Waals surface area contributed by atoms with E-state index in [1.807, 2.05) is 53.4 Å². The first-order valence-electron chi connectivity index (χ1n) is 6.95. The number of aliphatic hydroxyl groups excluding tert-OH is 1. The zero-order valence-electron chi connectivity index (χ0n) is 11.3. The summed E-state index contributed by atoms with van der Waals surface area (Å²) in [6.07, 6.45) is 6.00. The quantitative estimate of drug-likeness (QED) is 0.904. The number of benzene rings is 1. The third kappa shape index (κ3) is 2.60. The van der Waals surface area contributed by atoms with Crippen LogP contribution in [0.4, 0.5) is 0 Å². The van der Waals surface area contributed by atoms with Crippen molar-refractivity contribution in [1.82, 2.24) is 9.47 Å². The SMILES string of the molecule is O=C(c1cccc(-n2cccc2)c1)N(CCO)C1CC1. The predicted molar refractivity (Wildman–Crippen MR) is 76.9 cm³/mol. The van der Waals surface area contributed by atoms with Gasteiger partial charge in [-0.15, -0.1) is 0 Å². The molecule has 1 heterocycles. The lowest BCUT2D eigenvalue weighted by Crippen LogP contribution is -2.35. The van der Waals surface area contributed by atoms with Gasteiger partial charge in [0, 0.05) is 36.2 Å². The maximum atomic E-state index is 12.5. The number of nitrogens with zero attached hydrogens (tertiary/aromatic N) is 2. The highest BCUT2D eigenvalue weighted by atomic mass is 16.3. The third-order valence-electron chi connectivity index (χ3n) is 3.59. The van der Waals surface area contributed by atoms with Crippen molar-refractivity contribution in [3.63, 3.8) is 0 Å². The fourth-order valence-corrected chi connectivity index (χ4v) is 2.42. The molecule has 1 N–H and O–H groups in total. The van der Waals surface area contributed by atoms with Gasteiger partial charge in [0.15, 0.2) is 0 Å². The first-order chi connectivity index (χ1) is 9.79. The molecule has 104 valence electrons. The molecule has 0 atom stereocenters. The lowest BCUT2D eigenvalue weighted by Gasteiger charge is -2.21. The van der Waals surface area contributed by atoms with Crippen molar-refractivity contribution in [2.75, 3.05) is 13.2 Å². The minimum Gasteiger partial charge on any atom is -0.395 e. The summed E-state index contributed by atoms with van der Waals surface area (Å²) >= 11 is 0. The molecule has 4 heteroatoms. The van der Waals surface area contributed by atoms with Crippen LogP contribution in [0, 0.1) is 0 Å². The van der Waals surface area contributed by atoms with E-state index >= 15 is 0 Å². The number of carbonyl (C=O) groups excluding carboxylic acids is 1. The van der Waals surface area contributed by atoms with Gasteiger partial charge in [-0.3, -0.25) is 4.79 Å². The second-order valence-electron chi connectivity index (χ2n) is 5.09. The highest BCUT2D eigenvalue weighted by Gasteiger charge is 2.32. The fourth-order valence-electron chi connectivity index (χ4n) is 2.42. The first kappa shape index (κ1) is 12.9. The highest BCUT2D eigenvalue weighted by Crippen LogP contribution is 2.28. The van der Waals surface area contributed by atoms with Crippen LogP contribution in [0.15, 0.2) is 48.8 Å². The topological polar surface area (TPSA) is 45.5 Å². The van der Waals surface area contributed by atoms with Crippen molar-refractivity contribution in [3.8, 4) is 5.69 Å². The van der Waals surface area contributed by atoms with Crippen LogP contribution in [0.1, 0.15) is 23.2 Å². The van der Waals surface area contributed by atoms with Crippen LogP contribution < -0.4 is 0 Å². The van der Waals surface area contributed by atoms with Crippen molar-refractivity contribution in [2.45, 2.75) is 18.9 Å². The van der Waals surface area contributed by atoms with E-state index in [0.717, 1.165) is 18.5 Å². The zero-order chi connectivity index (χ0) is 13.9. The number of rotatable bonds is 5. The van der Waals surface area contributed by atoms with Gasteiger partial charge in [0.05, 0.1) is 6.61 Å². The summed E-state index contributed by atoms with van der Waals surface area (Å²) in [5.74, 6) is 0.00977. The Bertz CT molecular complexity index is 588. The molecule has 0 radical (unpaired) electrons. The molecule has 1 aliphatic carbocycles. The minimum atomic E-state index is 0.00977. The highest BCUT2D eigenvalue weighted by molar-refractivity contribution is 5.95. The average Bonchev–Trinajstić information content (AvgIpc) is 3.17. The molecule has 0 aliphatic heterocycles. The third-order valence-corrected chi connectivity index (χ3v) is 3.59. The molecule has 1 saturated carbocycles. The van der Waals surface area contributed by atoms with E-state index in [1.165, 1.54) is 0 Å². The van der Waals surface area contributed by atoms with Crippen molar-refractivity contribution in [3.05, 3.63) is 54.4 Å². The maximum Gasteiger partial charge on any atom is 0.254 e. The number of aliphatic hydroxyl groups is 1. The molecule has 20 heavy (non-hydrogen) atoms. The standard InChI is InChI=1S/C16H18N2O2/c19-11-10-18(14-6-7-14)16(20)13-4-3-5-15(12-13)17-8-1-2-9-17/h1-5,8-9,12,14,19H,6-7,10-11H2. The van der Waals surface area contributed by atoms with E-state index in [-0.39, 0.29) is 12.5 Å². The van der Waals surface area contributed by atoms with Gasteiger partial charge < -0.3 is 14.6 Å². The van der Waals surface area contributed by atoms with Crippen molar-refractivity contribution >= 4 is 5.91 Å². The molecule has 0 bridgehead atoms. The first-order valence-corrected chi connectivity index (χ1v) is 6.95. The Balaban J connectivity index is 1.85. The van der Waals surface area contributed by atoms with E-state index in [1.54, 1.807) is 4.90 Å². The van der Waals surface area contributed by atoms with Crippen molar-refractivity contribution in [2.24, 2.45) is 0 Å². The lowest BCUT2D eigenvalue weighted by atomic mass is 10.1. The van der Waals surface area contributed by atoms with Gasteiger partial charge in [-0.05, 0) is 43.2 Å². The number of hydrogen-bond acceptors (Lipinski definition) is 2. The summed E-state index contributed by atoms with van der Waals surface area (Å²) in [6.45, 7) is 0.427. The van der Waals surface area contributed by atoms with Crippen LogP contribution in [-0.2, 0) is 0 Å². The minimum absolute atomic E-state index is 0.00977. The Morgan fingerprint density at radius 1 is 1.25 bits per heavy atom. The molecule has 0 spiro atoms. The molecular weight excluding hydrogens is 252 g/mol. The summed E-state index contributed by atoms with van der Waals surface area (Å²) in [7, 11) is 0. The second-order valence-corrected chi connectivity index (χ2v) is 5.09. The van der Waals surface area contributed by atoms with E-state index < -0.39 is 0 Å². The van der Waals surface area contributed by atoms with Gasteiger partial charge >= 0.3 is 0 Å². The van der Waals surface area contributed by atoms with Crippen LogP contribution in [0.3, 0.4) is 0 Å². The Labute approximate surface area is 118 Å². The predicted octanol–water partition coefficient (Wildman–Crippen LogP) is 2.07. The monoisotopic (exact) mass is 270 g/mol. The zero-order valence-corrected chi connectivity index (χ0v) is 11.3. The lowest BCUT2D eigenvalue weighted by molar-refractivity contribution is 0.0707. The fraction of sp³-hybridized carbons (Fsp3) is 0.312. The molecule has 3 rings (SSSR count). The van der Waals surface area contributed by atoms with E-state index in [9.17, 15) is 4.79 Å². The van der Waals surface area contributed by atoms with Gasteiger partial charge in [-0.2, -0.15) is 0 Å². The second kappa shape index (κ2) is 5.51. The average molecular weight is 270 g/mol. The number of carbonyl (C=O) groups is 1. The summed E-state index contributed by atoms with van der Waals surface area (Å²) in [4.78, 5) is 14.3. The molecular formula is C16H18N2O2. The van der Waals surface area contributed by atoms with Gasteiger partial charge in [0.1, 0.15) is 0 Å². The van der Waals surface area contributed by atoms with Crippen molar-refractivity contribution < 1.29 is 9.90 Å². The Morgan fingerprint density at radius 2 is 2.00 bits per heavy atom. The molecule has 1 amide bonds. The van der Waals surface area contributed by atoms with E-state index in [2.05, 4.69) is 0 Å². The Morgan fingerprint density at radius 3 is 2.65 bits per heavy atom. The molecule has 1 aromatic carbocycles.